The predicted octanol–water partition coefficient (Wildman–Crippen LogP) is 4.35. The van der Waals surface area contributed by atoms with Gasteiger partial charge in [0.15, 0.2) is 0 Å². The molecule has 0 aliphatic heterocycles. The average molecular weight is 394 g/mol. The van der Waals surface area contributed by atoms with Crippen molar-refractivity contribution in [2.75, 3.05) is 7.05 Å². The van der Waals surface area contributed by atoms with E-state index in [1.807, 2.05) is 11.4 Å². The van der Waals surface area contributed by atoms with Gasteiger partial charge in [0.25, 0.3) is 0 Å². The molecule has 0 aliphatic carbocycles. The molecule has 0 radical (unpaired) electrons. The van der Waals surface area contributed by atoms with Crippen LogP contribution in [0, 0.1) is 0 Å². The van der Waals surface area contributed by atoms with Crippen LogP contribution in [-0.2, 0) is 0 Å². The SMILES string of the molecule is CN=c1scc(-c2ccc(Cl)c(Cl)c2)n1N=Cc1ccc(O)cc1O. The first-order chi connectivity index (χ1) is 12.0. The average Bonchev–Trinajstić information content (AvgIpc) is 2.99. The van der Waals surface area contributed by atoms with Crippen LogP contribution in [0.3, 0.4) is 0 Å². The van der Waals surface area contributed by atoms with Crippen molar-refractivity contribution in [2.45, 2.75) is 0 Å². The Labute approximate surface area is 157 Å². The van der Waals surface area contributed by atoms with Crippen LogP contribution >= 0.6 is 34.5 Å². The van der Waals surface area contributed by atoms with Gasteiger partial charge < -0.3 is 10.2 Å². The molecule has 0 aliphatic rings. The Balaban J connectivity index is 2.08. The number of halogens is 2. The molecule has 0 bridgehead atoms. The van der Waals surface area contributed by atoms with Crippen molar-refractivity contribution in [1.29, 1.82) is 0 Å². The molecule has 5 nitrogen and oxygen atoms in total. The van der Waals surface area contributed by atoms with Crippen molar-refractivity contribution in [3.05, 3.63) is 62.2 Å². The lowest BCUT2D eigenvalue weighted by Crippen LogP contribution is -2.11. The molecule has 1 aromatic heterocycles. The minimum Gasteiger partial charge on any atom is -0.508 e. The fourth-order valence-electron chi connectivity index (χ4n) is 2.18. The predicted molar refractivity (Wildman–Crippen MR) is 102 cm³/mol. The maximum Gasteiger partial charge on any atom is 0.205 e. The molecule has 0 amide bonds. The Morgan fingerprint density at radius 3 is 2.56 bits per heavy atom. The number of phenols is 2. The lowest BCUT2D eigenvalue weighted by atomic mass is 10.2. The molecule has 3 aromatic rings. The Hall–Kier alpha value is -2.28. The largest absolute Gasteiger partial charge is 0.508 e. The van der Waals surface area contributed by atoms with Gasteiger partial charge in [0, 0.05) is 29.6 Å². The molecule has 8 heteroatoms. The van der Waals surface area contributed by atoms with Crippen molar-refractivity contribution in [1.82, 2.24) is 4.68 Å². The standard InChI is InChI=1S/C17H13Cl2N3O2S/c1-20-17-22(21-8-11-2-4-12(23)7-16(11)24)15(9-25-17)10-3-5-13(18)14(19)6-10/h2-9,23-24H,1H3. The van der Waals surface area contributed by atoms with Crippen LogP contribution in [0.25, 0.3) is 11.3 Å². The number of aromatic nitrogens is 1. The highest BCUT2D eigenvalue weighted by Crippen LogP contribution is 2.29. The van der Waals surface area contributed by atoms with Gasteiger partial charge in [-0.05, 0) is 24.3 Å². The van der Waals surface area contributed by atoms with Crippen LogP contribution < -0.4 is 4.80 Å². The summed E-state index contributed by atoms with van der Waals surface area (Å²) in [7, 11) is 1.68. The molecule has 0 fully saturated rings. The molecule has 1 heterocycles. The minimum absolute atomic E-state index is 0.0152. The van der Waals surface area contributed by atoms with Gasteiger partial charge >= 0.3 is 0 Å². The normalized spacial score (nSPS) is 12.2. The summed E-state index contributed by atoms with van der Waals surface area (Å²) in [5, 5.41) is 26.5. The third-order valence-electron chi connectivity index (χ3n) is 3.42. The summed E-state index contributed by atoms with van der Waals surface area (Å²) in [5.41, 5.74) is 2.10. The second kappa shape index (κ2) is 7.31. The topological polar surface area (TPSA) is 70.1 Å². The maximum absolute atomic E-state index is 9.89. The lowest BCUT2D eigenvalue weighted by Gasteiger charge is -2.05. The summed E-state index contributed by atoms with van der Waals surface area (Å²) in [5.74, 6) is -0.0794. The number of aromatic hydroxyl groups is 2. The molecule has 128 valence electrons. The fourth-order valence-corrected chi connectivity index (χ4v) is 3.28. The van der Waals surface area contributed by atoms with Crippen LogP contribution in [0.15, 0.2) is 51.9 Å². The van der Waals surface area contributed by atoms with E-state index in [-0.39, 0.29) is 11.5 Å². The Bertz CT molecular complexity index is 1020. The summed E-state index contributed by atoms with van der Waals surface area (Å²) in [6, 6.07) is 9.63. The van der Waals surface area contributed by atoms with E-state index in [1.54, 1.807) is 29.9 Å². The van der Waals surface area contributed by atoms with E-state index in [0.717, 1.165) is 11.3 Å². The molecule has 0 unspecified atom stereocenters. The van der Waals surface area contributed by atoms with Crippen molar-refractivity contribution < 1.29 is 10.2 Å². The fraction of sp³-hybridized carbons (Fsp3) is 0.0588. The van der Waals surface area contributed by atoms with Crippen molar-refractivity contribution in [3.8, 4) is 22.8 Å². The van der Waals surface area contributed by atoms with Crippen LogP contribution in [0.5, 0.6) is 11.5 Å². The second-order valence-electron chi connectivity index (χ2n) is 5.06. The van der Waals surface area contributed by atoms with E-state index in [0.29, 0.717) is 20.4 Å². The zero-order chi connectivity index (χ0) is 18.0. The third-order valence-corrected chi connectivity index (χ3v) is 5.06. The highest BCUT2D eigenvalue weighted by molar-refractivity contribution is 7.07. The number of phenolic OH excluding ortho intramolecular Hbond substituents is 2. The molecule has 0 atom stereocenters. The number of hydrogen-bond acceptors (Lipinski definition) is 5. The first-order valence-corrected chi connectivity index (χ1v) is 8.78. The quantitative estimate of drug-likeness (QED) is 0.649. The molecule has 0 saturated heterocycles. The van der Waals surface area contributed by atoms with E-state index < -0.39 is 0 Å². The molecule has 2 aromatic carbocycles. The van der Waals surface area contributed by atoms with Crippen LogP contribution in [0.2, 0.25) is 10.0 Å². The molecule has 3 rings (SSSR count). The first kappa shape index (κ1) is 17.5. The van der Waals surface area contributed by atoms with Crippen LogP contribution in [-0.4, -0.2) is 28.2 Å². The van der Waals surface area contributed by atoms with Gasteiger partial charge in [-0.1, -0.05) is 29.3 Å². The Morgan fingerprint density at radius 2 is 1.88 bits per heavy atom. The van der Waals surface area contributed by atoms with Gasteiger partial charge in [0.05, 0.1) is 22.0 Å². The van der Waals surface area contributed by atoms with Gasteiger partial charge in [-0.2, -0.15) is 5.10 Å². The van der Waals surface area contributed by atoms with E-state index in [9.17, 15) is 10.2 Å². The summed E-state index contributed by atoms with van der Waals surface area (Å²) >= 11 is 13.5. The van der Waals surface area contributed by atoms with Crippen molar-refractivity contribution >= 4 is 40.8 Å². The molecular formula is C17H13Cl2N3O2S. The monoisotopic (exact) mass is 393 g/mol. The van der Waals surface area contributed by atoms with E-state index in [2.05, 4.69) is 10.1 Å². The first-order valence-electron chi connectivity index (χ1n) is 7.14. The molecule has 0 spiro atoms. The van der Waals surface area contributed by atoms with Crippen molar-refractivity contribution in [3.63, 3.8) is 0 Å². The smallest absolute Gasteiger partial charge is 0.205 e. The van der Waals surface area contributed by atoms with Gasteiger partial charge in [-0.25, -0.2) is 4.68 Å². The second-order valence-corrected chi connectivity index (χ2v) is 6.71. The maximum atomic E-state index is 9.89. The minimum atomic E-state index is -0.0642. The molecule has 2 N–H and O–H groups in total. The molecule has 25 heavy (non-hydrogen) atoms. The number of nitrogens with zero attached hydrogens (tertiary/aromatic N) is 3. The Kier molecular flexibility index (Phi) is 5.13. The lowest BCUT2D eigenvalue weighted by molar-refractivity contribution is 0.450. The number of rotatable bonds is 3. The van der Waals surface area contributed by atoms with Gasteiger partial charge in [-0.3, -0.25) is 4.99 Å². The van der Waals surface area contributed by atoms with E-state index >= 15 is 0 Å². The summed E-state index contributed by atoms with van der Waals surface area (Å²) in [4.78, 5) is 4.89. The van der Waals surface area contributed by atoms with Gasteiger partial charge in [0.2, 0.25) is 4.80 Å². The van der Waals surface area contributed by atoms with Crippen molar-refractivity contribution in [2.24, 2.45) is 10.1 Å². The highest BCUT2D eigenvalue weighted by atomic mass is 35.5. The van der Waals surface area contributed by atoms with E-state index in [1.165, 1.54) is 29.7 Å². The van der Waals surface area contributed by atoms with Gasteiger partial charge in [-0.15, -0.1) is 11.3 Å². The Morgan fingerprint density at radius 1 is 1.08 bits per heavy atom. The van der Waals surface area contributed by atoms with Gasteiger partial charge in [0.1, 0.15) is 11.5 Å². The number of hydrogen-bond donors (Lipinski definition) is 2. The van der Waals surface area contributed by atoms with E-state index in [4.69, 9.17) is 23.2 Å². The van der Waals surface area contributed by atoms with Crippen LogP contribution in [0.4, 0.5) is 0 Å². The summed E-state index contributed by atoms with van der Waals surface area (Å²) < 4.78 is 1.65. The summed E-state index contributed by atoms with van der Waals surface area (Å²) in [6.07, 6.45) is 1.50. The summed E-state index contributed by atoms with van der Waals surface area (Å²) in [6.45, 7) is 0. The third kappa shape index (κ3) is 3.71. The van der Waals surface area contributed by atoms with Crippen LogP contribution in [0.1, 0.15) is 5.56 Å². The zero-order valence-corrected chi connectivity index (χ0v) is 15.3. The highest BCUT2D eigenvalue weighted by Gasteiger charge is 2.09. The molecular weight excluding hydrogens is 381 g/mol. The zero-order valence-electron chi connectivity index (χ0n) is 13.0. The molecule has 0 saturated carbocycles. The number of thiazole rings is 1. The number of benzene rings is 2.